The van der Waals surface area contributed by atoms with E-state index in [-0.39, 0.29) is 17.3 Å². The van der Waals surface area contributed by atoms with Crippen LogP contribution >= 0.6 is 11.6 Å². The predicted octanol–water partition coefficient (Wildman–Crippen LogP) is 1.80. The molecule has 3 rings (SSSR count). The van der Waals surface area contributed by atoms with Crippen LogP contribution in [0.2, 0.25) is 0 Å². The minimum Gasteiger partial charge on any atom is -0.367 e. The van der Waals surface area contributed by atoms with Crippen molar-refractivity contribution < 1.29 is 4.74 Å². The first-order chi connectivity index (χ1) is 9.50. The summed E-state index contributed by atoms with van der Waals surface area (Å²) in [7, 11) is 0. The first-order valence-corrected chi connectivity index (χ1v) is 7.59. The third kappa shape index (κ3) is 2.69. The monoisotopic (exact) mass is 297 g/mol. The number of anilines is 1. The van der Waals surface area contributed by atoms with Crippen molar-refractivity contribution in [3.63, 3.8) is 0 Å². The van der Waals surface area contributed by atoms with Crippen LogP contribution in [0.5, 0.6) is 0 Å². The fourth-order valence-corrected chi connectivity index (χ4v) is 2.97. The summed E-state index contributed by atoms with van der Waals surface area (Å²) in [5.74, 6) is 0.940. The molecule has 0 spiro atoms. The number of alkyl halides is 1. The Labute approximate surface area is 123 Å². The van der Waals surface area contributed by atoms with Crippen molar-refractivity contribution >= 4 is 17.4 Å². The van der Waals surface area contributed by atoms with Gasteiger partial charge in [-0.1, -0.05) is 0 Å². The average Bonchev–Trinajstić information content (AvgIpc) is 3.21. The molecule has 1 unspecified atom stereocenters. The van der Waals surface area contributed by atoms with Gasteiger partial charge in [-0.25, -0.2) is 4.98 Å². The maximum absolute atomic E-state index is 12.5. The molecule has 0 amide bonds. The quantitative estimate of drug-likeness (QED) is 0.798. The van der Waals surface area contributed by atoms with Crippen LogP contribution in [0.25, 0.3) is 0 Å². The molecule has 2 heterocycles. The van der Waals surface area contributed by atoms with E-state index in [4.69, 9.17) is 16.3 Å². The molecule has 2 fully saturated rings. The zero-order chi connectivity index (χ0) is 14.3. The number of hydrogen-bond donors (Lipinski definition) is 0. The van der Waals surface area contributed by atoms with Gasteiger partial charge in [0, 0.05) is 31.5 Å². The predicted molar refractivity (Wildman–Crippen MR) is 78.7 cm³/mol. The first kappa shape index (κ1) is 13.9. The van der Waals surface area contributed by atoms with E-state index in [9.17, 15) is 4.79 Å². The number of morpholine rings is 1. The lowest BCUT2D eigenvalue weighted by atomic mass is 10.1. The topological polar surface area (TPSA) is 47.4 Å². The summed E-state index contributed by atoms with van der Waals surface area (Å²) in [6, 6.07) is 0.363. The minimum absolute atomic E-state index is 0.000947. The fraction of sp³-hybridized carbons (Fsp3) is 0.714. The van der Waals surface area contributed by atoms with Gasteiger partial charge in [0.2, 0.25) is 0 Å². The molecule has 0 N–H and O–H groups in total. The van der Waals surface area contributed by atoms with Crippen molar-refractivity contribution in [3.05, 3.63) is 22.7 Å². The second-order valence-electron chi connectivity index (χ2n) is 6.23. The summed E-state index contributed by atoms with van der Waals surface area (Å²) in [6.45, 7) is 5.29. The molecule has 1 saturated heterocycles. The number of nitrogens with zero attached hydrogens (tertiary/aromatic N) is 3. The third-order valence-electron chi connectivity index (χ3n) is 3.74. The fourth-order valence-electron chi connectivity index (χ4n) is 2.81. The van der Waals surface area contributed by atoms with Gasteiger partial charge in [0.15, 0.2) is 5.82 Å². The number of aromatic nitrogens is 2. The zero-order valence-corrected chi connectivity index (χ0v) is 12.6. The normalized spacial score (nSPS) is 25.8. The summed E-state index contributed by atoms with van der Waals surface area (Å²) < 4.78 is 7.70. The molecule has 1 aromatic heterocycles. The summed E-state index contributed by atoms with van der Waals surface area (Å²) in [5, 5.41) is 0. The molecule has 2 aliphatic rings. The molecule has 0 bridgehead atoms. The highest BCUT2D eigenvalue weighted by atomic mass is 35.5. The second kappa shape index (κ2) is 5.04. The summed E-state index contributed by atoms with van der Waals surface area (Å²) in [6.07, 6.45) is 5.60. The Kier molecular flexibility index (Phi) is 3.50. The van der Waals surface area contributed by atoms with E-state index in [2.05, 4.69) is 4.98 Å². The van der Waals surface area contributed by atoms with Crippen LogP contribution in [0.1, 0.15) is 32.7 Å². The Balaban J connectivity index is 1.92. The van der Waals surface area contributed by atoms with E-state index in [1.54, 1.807) is 17.0 Å². The van der Waals surface area contributed by atoms with Crippen molar-refractivity contribution in [2.24, 2.45) is 0 Å². The zero-order valence-electron chi connectivity index (χ0n) is 11.9. The smallest absolute Gasteiger partial charge is 0.293 e. The van der Waals surface area contributed by atoms with E-state index in [1.165, 1.54) is 0 Å². The molecule has 6 heteroatoms. The highest BCUT2D eigenvalue weighted by molar-refractivity contribution is 6.18. The summed E-state index contributed by atoms with van der Waals surface area (Å²) in [5.41, 5.74) is -0.326. The Morgan fingerprint density at radius 3 is 2.90 bits per heavy atom. The van der Waals surface area contributed by atoms with Crippen LogP contribution in [0, 0.1) is 0 Å². The number of halogens is 1. The van der Waals surface area contributed by atoms with Crippen molar-refractivity contribution in [3.8, 4) is 0 Å². The number of rotatable bonds is 3. The molecule has 1 aromatic rings. The van der Waals surface area contributed by atoms with Crippen LogP contribution in [-0.4, -0.2) is 40.2 Å². The lowest BCUT2D eigenvalue weighted by Crippen LogP contribution is -2.55. The van der Waals surface area contributed by atoms with Gasteiger partial charge in [-0.15, -0.1) is 11.6 Å². The van der Waals surface area contributed by atoms with Crippen molar-refractivity contribution in [1.82, 2.24) is 9.55 Å². The summed E-state index contributed by atoms with van der Waals surface area (Å²) >= 11 is 5.94. The lowest BCUT2D eigenvalue weighted by Gasteiger charge is -2.42. The van der Waals surface area contributed by atoms with Gasteiger partial charge in [-0.3, -0.25) is 4.79 Å². The van der Waals surface area contributed by atoms with Gasteiger partial charge in [-0.2, -0.15) is 0 Å². The van der Waals surface area contributed by atoms with E-state index >= 15 is 0 Å². The maximum atomic E-state index is 12.5. The number of hydrogen-bond acceptors (Lipinski definition) is 4. The van der Waals surface area contributed by atoms with Crippen molar-refractivity contribution in [2.75, 3.05) is 23.9 Å². The molecule has 1 atom stereocenters. The first-order valence-electron chi connectivity index (χ1n) is 7.06. The molecule has 1 saturated carbocycles. The maximum Gasteiger partial charge on any atom is 0.293 e. The molecule has 20 heavy (non-hydrogen) atoms. The van der Waals surface area contributed by atoms with Crippen LogP contribution in [0.15, 0.2) is 17.2 Å². The lowest BCUT2D eigenvalue weighted by molar-refractivity contribution is -0.0737. The molecular formula is C14H20ClN3O2. The molecule has 5 nitrogen and oxygen atoms in total. The number of ether oxygens (including phenoxy) is 1. The Bertz CT molecular complexity index is 554. The van der Waals surface area contributed by atoms with Gasteiger partial charge < -0.3 is 14.2 Å². The molecule has 1 aliphatic heterocycles. The largest absolute Gasteiger partial charge is 0.367 e. The van der Waals surface area contributed by atoms with Crippen LogP contribution in [0.3, 0.4) is 0 Å². The van der Waals surface area contributed by atoms with Crippen LogP contribution in [-0.2, 0) is 4.74 Å². The Hall–Kier alpha value is -1.07. The molecule has 0 radical (unpaired) electrons. The van der Waals surface area contributed by atoms with E-state index < -0.39 is 0 Å². The Morgan fingerprint density at radius 2 is 2.25 bits per heavy atom. The van der Waals surface area contributed by atoms with Crippen molar-refractivity contribution in [2.45, 2.75) is 44.4 Å². The molecule has 0 aromatic carbocycles. The minimum atomic E-state index is -0.327. The van der Waals surface area contributed by atoms with Gasteiger partial charge in [0.1, 0.15) is 0 Å². The molecular weight excluding hydrogens is 278 g/mol. The highest BCUT2D eigenvalue weighted by Crippen LogP contribution is 2.33. The van der Waals surface area contributed by atoms with Gasteiger partial charge in [-0.05, 0) is 26.7 Å². The van der Waals surface area contributed by atoms with E-state index in [1.807, 2.05) is 18.7 Å². The highest BCUT2D eigenvalue weighted by Gasteiger charge is 2.35. The van der Waals surface area contributed by atoms with Crippen LogP contribution in [0.4, 0.5) is 5.82 Å². The standard InChI is InChI=1S/C14H20ClN3O2/c1-14(2)9-17(8-11(7-15)20-14)12-13(19)18(6-5-16-12)10-3-4-10/h5-6,10-11H,3-4,7-9H2,1-2H3. The molecule has 110 valence electrons. The third-order valence-corrected chi connectivity index (χ3v) is 4.09. The summed E-state index contributed by atoms with van der Waals surface area (Å²) in [4.78, 5) is 18.9. The van der Waals surface area contributed by atoms with Gasteiger partial charge >= 0.3 is 0 Å². The van der Waals surface area contributed by atoms with Gasteiger partial charge in [0.05, 0.1) is 17.6 Å². The van der Waals surface area contributed by atoms with E-state index in [0.717, 1.165) is 12.8 Å². The van der Waals surface area contributed by atoms with E-state index in [0.29, 0.717) is 30.8 Å². The Morgan fingerprint density at radius 1 is 1.50 bits per heavy atom. The molecule has 1 aliphatic carbocycles. The van der Waals surface area contributed by atoms with Crippen LogP contribution < -0.4 is 10.5 Å². The van der Waals surface area contributed by atoms with Crippen molar-refractivity contribution in [1.29, 1.82) is 0 Å². The average molecular weight is 298 g/mol. The van der Waals surface area contributed by atoms with Gasteiger partial charge in [0.25, 0.3) is 5.56 Å². The SMILES string of the molecule is CC1(C)CN(c2nccn(C3CC3)c2=O)CC(CCl)O1. The second-order valence-corrected chi connectivity index (χ2v) is 6.54.